The Morgan fingerprint density at radius 2 is 1.89 bits per heavy atom. The van der Waals surface area contributed by atoms with Gasteiger partial charge >= 0.3 is 6.03 Å². The summed E-state index contributed by atoms with van der Waals surface area (Å²) in [5, 5.41) is 6.89. The van der Waals surface area contributed by atoms with Crippen LogP contribution in [0, 0.1) is 0 Å². The lowest BCUT2D eigenvalue weighted by Gasteiger charge is -2.10. The molecule has 4 rings (SSSR count). The summed E-state index contributed by atoms with van der Waals surface area (Å²) in [6.45, 7) is 2.51. The Morgan fingerprint density at radius 1 is 1.04 bits per heavy atom. The first kappa shape index (κ1) is 18.0. The number of para-hydroxylation sites is 1. The van der Waals surface area contributed by atoms with Crippen LogP contribution in [0.1, 0.15) is 6.42 Å². The molecule has 0 radical (unpaired) electrons. The second kappa shape index (κ2) is 8.56. The maximum absolute atomic E-state index is 11.9. The van der Waals surface area contributed by atoms with E-state index in [2.05, 4.69) is 39.6 Å². The molecule has 1 aromatic heterocycles. The highest BCUT2D eigenvalue weighted by atomic mass is 16.7. The smallest absolute Gasteiger partial charge is 0.314 e. The highest BCUT2D eigenvalue weighted by Crippen LogP contribution is 2.34. The number of carbonyl (C=O) groups excluding carboxylic acids is 1. The molecule has 0 bridgehead atoms. The molecule has 28 heavy (non-hydrogen) atoms. The number of urea groups is 1. The van der Waals surface area contributed by atoms with Gasteiger partial charge in [0.15, 0.2) is 11.5 Å². The Labute approximate surface area is 163 Å². The Balaban J connectivity index is 1.11. The molecule has 0 spiro atoms. The number of fused-ring (bicyclic) bond motifs is 2. The summed E-state index contributed by atoms with van der Waals surface area (Å²) in [4.78, 5) is 11.9. The van der Waals surface area contributed by atoms with Crippen molar-refractivity contribution in [1.29, 1.82) is 0 Å². The molecule has 2 amide bonds. The molecule has 3 aromatic rings. The van der Waals surface area contributed by atoms with Crippen molar-refractivity contribution in [1.82, 2.24) is 15.2 Å². The first-order valence-electron chi connectivity index (χ1n) is 9.38. The predicted octanol–water partition coefficient (Wildman–Crippen LogP) is 3.14. The monoisotopic (exact) mass is 381 g/mol. The molecule has 0 aliphatic carbocycles. The van der Waals surface area contributed by atoms with Gasteiger partial charge in [0.1, 0.15) is 12.4 Å². The van der Waals surface area contributed by atoms with Crippen molar-refractivity contribution in [2.45, 2.75) is 13.0 Å². The van der Waals surface area contributed by atoms with E-state index in [1.807, 2.05) is 24.3 Å². The van der Waals surface area contributed by atoms with E-state index in [9.17, 15) is 4.79 Å². The normalized spacial score (nSPS) is 12.1. The van der Waals surface area contributed by atoms with Crippen LogP contribution in [0.3, 0.4) is 0 Å². The number of hydrogen-bond acceptors (Lipinski definition) is 4. The molecule has 2 aromatic carbocycles. The summed E-state index contributed by atoms with van der Waals surface area (Å²) in [5.74, 6) is 2.09. The molecule has 2 heterocycles. The second-order valence-corrected chi connectivity index (χ2v) is 6.47. The fourth-order valence-electron chi connectivity index (χ4n) is 3.15. The van der Waals surface area contributed by atoms with E-state index in [4.69, 9.17) is 14.2 Å². The van der Waals surface area contributed by atoms with E-state index in [-0.39, 0.29) is 12.8 Å². The minimum atomic E-state index is -0.188. The lowest BCUT2D eigenvalue weighted by Crippen LogP contribution is -2.38. The number of carbonyl (C=O) groups is 1. The van der Waals surface area contributed by atoms with E-state index >= 15 is 0 Å². The van der Waals surface area contributed by atoms with Crippen molar-refractivity contribution in [2.24, 2.45) is 0 Å². The van der Waals surface area contributed by atoms with Crippen LogP contribution in [0.15, 0.2) is 54.7 Å². The lowest BCUT2D eigenvalue weighted by atomic mass is 10.2. The number of amides is 2. The number of nitrogens with one attached hydrogen (secondary N) is 2. The fourth-order valence-corrected chi connectivity index (χ4v) is 3.15. The number of aryl methyl sites for hydroxylation is 1. The number of nitrogens with zero attached hydrogens (tertiary/aromatic N) is 1. The van der Waals surface area contributed by atoms with Gasteiger partial charge in [-0.3, -0.25) is 0 Å². The molecule has 0 saturated carbocycles. The van der Waals surface area contributed by atoms with Crippen LogP contribution in [-0.2, 0) is 6.54 Å². The van der Waals surface area contributed by atoms with E-state index in [0.29, 0.717) is 31.2 Å². The zero-order chi connectivity index (χ0) is 19.2. The Hall–Kier alpha value is -3.35. The van der Waals surface area contributed by atoms with Crippen molar-refractivity contribution >= 4 is 16.9 Å². The fraction of sp³-hybridized carbons (Fsp3) is 0.286. The molecular formula is C21H23N3O4. The third-order valence-corrected chi connectivity index (χ3v) is 4.54. The van der Waals surface area contributed by atoms with Gasteiger partial charge in [-0.1, -0.05) is 18.2 Å². The minimum absolute atomic E-state index is 0.188. The predicted molar refractivity (Wildman–Crippen MR) is 106 cm³/mol. The number of rotatable bonds is 8. The molecule has 0 unspecified atom stereocenters. The summed E-state index contributed by atoms with van der Waals surface area (Å²) >= 11 is 0. The molecule has 7 nitrogen and oxygen atoms in total. The Kier molecular flexibility index (Phi) is 5.51. The molecule has 1 aliphatic rings. The van der Waals surface area contributed by atoms with Crippen LogP contribution >= 0.6 is 0 Å². The average Bonchev–Trinajstić information content (AvgIpc) is 3.35. The van der Waals surface area contributed by atoms with E-state index in [0.717, 1.165) is 18.7 Å². The van der Waals surface area contributed by atoms with Gasteiger partial charge in [-0.15, -0.1) is 0 Å². The number of aromatic nitrogens is 1. The number of ether oxygens (including phenoxy) is 3. The first-order valence-corrected chi connectivity index (χ1v) is 9.38. The average molecular weight is 381 g/mol. The summed E-state index contributed by atoms with van der Waals surface area (Å²) in [5.41, 5.74) is 1.22. The molecule has 0 saturated heterocycles. The zero-order valence-corrected chi connectivity index (χ0v) is 15.5. The third-order valence-electron chi connectivity index (χ3n) is 4.54. The standard InChI is InChI=1S/C21H23N3O4/c25-21(22-9-3-11-24-12-8-16-4-1-2-5-18(16)24)23-10-13-26-17-6-7-19-20(14-17)28-15-27-19/h1-2,4-8,12,14H,3,9-11,13,15H2,(H2,22,23,25). The highest BCUT2D eigenvalue weighted by molar-refractivity contribution is 5.79. The quantitative estimate of drug-likeness (QED) is 0.588. The lowest BCUT2D eigenvalue weighted by molar-refractivity contribution is 0.173. The highest BCUT2D eigenvalue weighted by Gasteiger charge is 2.13. The molecule has 0 fully saturated rings. The van der Waals surface area contributed by atoms with Crippen molar-refractivity contribution < 1.29 is 19.0 Å². The van der Waals surface area contributed by atoms with Gasteiger partial charge < -0.3 is 29.4 Å². The van der Waals surface area contributed by atoms with Gasteiger partial charge in [-0.05, 0) is 36.1 Å². The van der Waals surface area contributed by atoms with Gasteiger partial charge in [0.2, 0.25) is 6.79 Å². The van der Waals surface area contributed by atoms with Gasteiger partial charge in [0.25, 0.3) is 0 Å². The maximum atomic E-state index is 11.9. The second-order valence-electron chi connectivity index (χ2n) is 6.47. The topological polar surface area (TPSA) is 73.8 Å². The molecule has 146 valence electrons. The van der Waals surface area contributed by atoms with Gasteiger partial charge in [0, 0.05) is 30.9 Å². The number of hydrogen-bond donors (Lipinski definition) is 2. The van der Waals surface area contributed by atoms with Crippen molar-refractivity contribution in [2.75, 3.05) is 26.5 Å². The van der Waals surface area contributed by atoms with Crippen molar-refractivity contribution in [3.8, 4) is 17.2 Å². The van der Waals surface area contributed by atoms with Crippen LogP contribution < -0.4 is 24.8 Å². The largest absolute Gasteiger partial charge is 0.492 e. The van der Waals surface area contributed by atoms with Crippen LogP contribution in [0.5, 0.6) is 17.2 Å². The van der Waals surface area contributed by atoms with Crippen molar-refractivity contribution in [3.63, 3.8) is 0 Å². The summed E-state index contributed by atoms with van der Waals surface area (Å²) < 4.78 is 18.4. The summed E-state index contributed by atoms with van der Waals surface area (Å²) in [6.07, 6.45) is 2.94. The Bertz CT molecular complexity index is 954. The Morgan fingerprint density at radius 3 is 2.86 bits per heavy atom. The first-order chi connectivity index (χ1) is 13.8. The summed E-state index contributed by atoms with van der Waals surface area (Å²) in [6, 6.07) is 15.6. The zero-order valence-electron chi connectivity index (χ0n) is 15.5. The SMILES string of the molecule is O=C(NCCCn1ccc2ccccc21)NCCOc1ccc2c(c1)OCO2. The van der Waals surface area contributed by atoms with Gasteiger partial charge in [-0.25, -0.2) is 4.79 Å². The molecular weight excluding hydrogens is 358 g/mol. The van der Waals surface area contributed by atoms with E-state index < -0.39 is 0 Å². The third kappa shape index (κ3) is 4.31. The minimum Gasteiger partial charge on any atom is -0.492 e. The van der Waals surface area contributed by atoms with Crippen LogP contribution in [-0.4, -0.2) is 37.1 Å². The maximum Gasteiger partial charge on any atom is 0.314 e. The molecule has 0 atom stereocenters. The molecule has 1 aliphatic heterocycles. The van der Waals surface area contributed by atoms with Crippen LogP contribution in [0.2, 0.25) is 0 Å². The summed E-state index contributed by atoms with van der Waals surface area (Å²) in [7, 11) is 0. The molecule has 2 N–H and O–H groups in total. The van der Waals surface area contributed by atoms with Gasteiger partial charge in [-0.2, -0.15) is 0 Å². The van der Waals surface area contributed by atoms with E-state index in [1.165, 1.54) is 10.9 Å². The molecule has 7 heteroatoms. The number of benzene rings is 2. The van der Waals surface area contributed by atoms with Crippen LogP contribution in [0.4, 0.5) is 4.79 Å². The van der Waals surface area contributed by atoms with Gasteiger partial charge in [0.05, 0.1) is 6.54 Å². The van der Waals surface area contributed by atoms with E-state index in [1.54, 1.807) is 6.07 Å². The van der Waals surface area contributed by atoms with Crippen molar-refractivity contribution in [3.05, 3.63) is 54.7 Å². The van der Waals surface area contributed by atoms with Crippen LogP contribution in [0.25, 0.3) is 10.9 Å².